The summed E-state index contributed by atoms with van der Waals surface area (Å²) < 4.78 is 26.7. The number of sulfonamides is 1. The lowest BCUT2D eigenvalue weighted by Crippen LogP contribution is -2.29. The smallest absolute Gasteiger partial charge is 0.251 e. The number of amides is 2. The largest absolute Gasteiger partial charge is 0.352 e. The number of carbonyl (C=O) groups is 2. The van der Waals surface area contributed by atoms with Gasteiger partial charge in [-0.15, -0.1) is 0 Å². The summed E-state index contributed by atoms with van der Waals surface area (Å²) in [5.74, 6) is -0.0626. The van der Waals surface area contributed by atoms with E-state index >= 15 is 0 Å². The van der Waals surface area contributed by atoms with Crippen molar-refractivity contribution in [2.45, 2.75) is 12.8 Å². The molecule has 0 atom stereocenters. The summed E-state index contributed by atoms with van der Waals surface area (Å²) >= 11 is 0. The highest BCUT2D eigenvalue weighted by molar-refractivity contribution is 7.94. The average molecular weight is 398 g/mol. The molecule has 0 bridgehead atoms. The fraction of sp³-hybridized carbons (Fsp3) is 0.211. The lowest BCUT2D eigenvalue weighted by molar-refractivity contribution is -0.116. The average Bonchev–Trinajstić information content (AvgIpc) is 3.22. The number of pyridine rings is 1. The lowest BCUT2D eigenvalue weighted by Gasteiger charge is -2.15. The van der Waals surface area contributed by atoms with Gasteiger partial charge in [0.1, 0.15) is 5.82 Å². The number of carbonyl (C=O) groups excluding carboxylic acids is 2. The number of aromatic nitrogens is 2. The normalized spacial score (nSPS) is 15.9. The quantitative estimate of drug-likeness (QED) is 0.700. The molecule has 1 fully saturated rings. The zero-order valence-corrected chi connectivity index (χ0v) is 15.7. The van der Waals surface area contributed by atoms with Gasteiger partial charge in [-0.2, -0.15) is 0 Å². The first-order valence-corrected chi connectivity index (χ1v) is 10.4. The van der Waals surface area contributed by atoms with Crippen LogP contribution in [0.3, 0.4) is 0 Å². The van der Waals surface area contributed by atoms with E-state index < -0.39 is 15.9 Å². The fourth-order valence-corrected chi connectivity index (χ4v) is 4.65. The van der Waals surface area contributed by atoms with Gasteiger partial charge in [-0.05, 0) is 36.4 Å². The summed E-state index contributed by atoms with van der Waals surface area (Å²) in [6.07, 6.45) is 4.26. The molecule has 0 saturated carbocycles. The number of fused-ring (bicyclic) bond motifs is 1. The molecule has 3 heterocycles. The van der Waals surface area contributed by atoms with Gasteiger partial charge in [-0.3, -0.25) is 9.59 Å². The zero-order chi connectivity index (χ0) is 19.7. The van der Waals surface area contributed by atoms with E-state index in [1.807, 2.05) is 28.8 Å². The van der Waals surface area contributed by atoms with Gasteiger partial charge in [0.2, 0.25) is 15.9 Å². The summed E-state index contributed by atoms with van der Waals surface area (Å²) in [6, 6.07) is 11.8. The SMILES string of the molecule is O=C(NCCc1ncc2ccccn12)c1ccc(N2C(=O)CCS2(=O)=O)cc1. The Morgan fingerprint density at radius 2 is 1.93 bits per heavy atom. The number of hydrogen-bond acceptors (Lipinski definition) is 5. The molecule has 8 nitrogen and oxygen atoms in total. The first kappa shape index (κ1) is 18.2. The molecule has 9 heteroatoms. The van der Waals surface area contributed by atoms with Crippen LogP contribution in [0.5, 0.6) is 0 Å². The molecule has 4 rings (SSSR count). The lowest BCUT2D eigenvalue weighted by atomic mass is 10.2. The zero-order valence-electron chi connectivity index (χ0n) is 14.9. The van der Waals surface area contributed by atoms with Gasteiger partial charge in [0.25, 0.3) is 5.91 Å². The highest BCUT2D eigenvalue weighted by Gasteiger charge is 2.36. The van der Waals surface area contributed by atoms with Crippen molar-refractivity contribution >= 4 is 33.0 Å². The Kier molecular flexibility index (Phi) is 4.60. The predicted octanol–water partition coefficient (Wildman–Crippen LogP) is 1.37. The second-order valence-electron chi connectivity index (χ2n) is 6.45. The molecule has 2 aromatic heterocycles. The Hall–Kier alpha value is -3.20. The molecule has 0 unspecified atom stereocenters. The maximum absolute atomic E-state index is 12.3. The molecular formula is C19H18N4O4S. The molecular weight excluding hydrogens is 380 g/mol. The second-order valence-corrected chi connectivity index (χ2v) is 8.38. The van der Waals surface area contributed by atoms with Crippen molar-refractivity contribution in [3.8, 4) is 0 Å². The molecule has 0 spiro atoms. The van der Waals surface area contributed by atoms with E-state index in [2.05, 4.69) is 10.3 Å². The molecule has 3 aromatic rings. The van der Waals surface area contributed by atoms with Crippen LogP contribution in [-0.4, -0.2) is 41.9 Å². The second kappa shape index (κ2) is 7.08. The number of nitrogens with one attached hydrogen (secondary N) is 1. The van der Waals surface area contributed by atoms with Gasteiger partial charge >= 0.3 is 0 Å². The van der Waals surface area contributed by atoms with Crippen LogP contribution in [0.4, 0.5) is 5.69 Å². The van der Waals surface area contributed by atoms with Crippen LogP contribution in [0.1, 0.15) is 22.6 Å². The molecule has 1 saturated heterocycles. The van der Waals surface area contributed by atoms with E-state index in [1.165, 1.54) is 24.3 Å². The summed E-state index contributed by atoms with van der Waals surface area (Å²) in [6.45, 7) is 0.410. The topological polar surface area (TPSA) is 101 Å². The molecule has 1 N–H and O–H groups in total. The first-order valence-electron chi connectivity index (χ1n) is 8.81. The van der Waals surface area contributed by atoms with Gasteiger partial charge in [0.15, 0.2) is 0 Å². The van der Waals surface area contributed by atoms with Gasteiger partial charge in [-0.25, -0.2) is 17.7 Å². The molecule has 1 aromatic carbocycles. The maximum Gasteiger partial charge on any atom is 0.251 e. The van der Waals surface area contributed by atoms with Crippen LogP contribution < -0.4 is 9.62 Å². The molecule has 2 amide bonds. The summed E-state index contributed by atoms with van der Waals surface area (Å²) in [5.41, 5.74) is 1.63. The summed E-state index contributed by atoms with van der Waals surface area (Å²) in [7, 11) is -3.61. The third-order valence-electron chi connectivity index (χ3n) is 4.59. The minimum absolute atomic E-state index is 0.0208. The number of rotatable bonds is 5. The maximum atomic E-state index is 12.3. The van der Waals surface area contributed by atoms with Gasteiger partial charge in [0, 0.05) is 31.1 Å². The van der Waals surface area contributed by atoms with Crippen molar-refractivity contribution < 1.29 is 18.0 Å². The summed E-state index contributed by atoms with van der Waals surface area (Å²) in [4.78, 5) is 28.5. The minimum atomic E-state index is -3.61. The third-order valence-corrected chi connectivity index (χ3v) is 6.28. The van der Waals surface area contributed by atoms with Crippen molar-refractivity contribution in [2.24, 2.45) is 0 Å². The fourth-order valence-electron chi connectivity index (χ4n) is 3.19. The van der Waals surface area contributed by atoms with Crippen molar-refractivity contribution in [3.63, 3.8) is 0 Å². The van der Waals surface area contributed by atoms with Crippen molar-refractivity contribution in [1.82, 2.24) is 14.7 Å². The van der Waals surface area contributed by atoms with Crippen molar-refractivity contribution in [3.05, 3.63) is 66.2 Å². The van der Waals surface area contributed by atoms with E-state index in [1.54, 1.807) is 6.20 Å². The molecule has 144 valence electrons. The van der Waals surface area contributed by atoms with Crippen LogP contribution in [0, 0.1) is 0 Å². The van der Waals surface area contributed by atoms with Crippen LogP contribution >= 0.6 is 0 Å². The number of hydrogen-bond donors (Lipinski definition) is 1. The Balaban J connectivity index is 1.39. The molecule has 0 aliphatic carbocycles. The molecule has 28 heavy (non-hydrogen) atoms. The summed E-state index contributed by atoms with van der Waals surface area (Å²) in [5, 5.41) is 2.82. The Bertz CT molecular complexity index is 1150. The van der Waals surface area contributed by atoms with Crippen LogP contribution in [0.15, 0.2) is 54.9 Å². The van der Waals surface area contributed by atoms with Gasteiger partial charge in [-0.1, -0.05) is 6.07 Å². The van der Waals surface area contributed by atoms with E-state index in [0.717, 1.165) is 15.6 Å². The Morgan fingerprint density at radius 1 is 1.14 bits per heavy atom. The van der Waals surface area contributed by atoms with Crippen LogP contribution in [-0.2, 0) is 21.2 Å². The van der Waals surface area contributed by atoms with Crippen LogP contribution in [0.2, 0.25) is 0 Å². The molecule has 1 aliphatic heterocycles. The minimum Gasteiger partial charge on any atom is -0.352 e. The standard InChI is InChI=1S/C19H18N4O4S/c24-18-9-12-28(26,27)23(18)15-6-4-14(5-7-15)19(25)20-10-8-17-21-13-16-3-1-2-11-22(16)17/h1-7,11,13H,8-10,12H2,(H,20,25). The highest BCUT2D eigenvalue weighted by atomic mass is 32.2. The van der Waals surface area contributed by atoms with Gasteiger partial charge in [0.05, 0.1) is 23.2 Å². The van der Waals surface area contributed by atoms with Crippen LogP contribution in [0.25, 0.3) is 5.52 Å². The Labute approximate surface area is 161 Å². The first-order chi connectivity index (χ1) is 13.5. The Morgan fingerprint density at radius 3 is 2.64 bits per heavy atom. The number of benzene rings is 1. The monoisotopic (exact) mass is 398 g/mol. The van der Waals surface area contributed by atoms with Gasteiger partial charge < -0.3 is 9.72 Å². The molecule has 1 aliphatic rings. The number of imidazole rings is 1. The highest BCUT2D eigenvalue weighted by Crippen LogP contribution is 2.25. The van der Waals surface area contributed by atoms with E-state index in [4.69, 9.17) is 0 Å². The number of nitrogens with zero attached hydrogens (tertiary/aromatic N) is 3. The molecule has 0 radical (unpaired) electrons. The van der Waals surface area contributed by atoms with Crippen molar-refractivity contribution in [1.29, 1.82) is 0 Å². The number of anilines is 1. The third kappa shape index (κ3) is 3.36. The van der Waals surface area contributed by atoms with Crippen molar-refractivity contribution in [2.75, 3.05) is 16.6 Å². The van der Waals surface area contributed by atoms with E-state index in [-0.39, 0.29) is 23.8 Å². The van der Waals surface area contributed by atoms with E-state index in [0.29, 0.717) is 18.5 Å². The van der Waals surface area contributed by atoms with E-state index in [9.17, 15) is 18.0 Å². The predicted molar refractivity (Wildman–Crippen MR) is 104 cm³/mol.